The van der Waals surface area contributed by atoms with Crippen LogP contribution in [0, 0.1) is 0 Å². The SMILES string of the molecule is CS(=O)(=O)c1ccc(C2(CN)CC2)cc1Br. The first kappa shape index (κ1) is 12.1. The molecule has 5 heteroatoms. The Bertz CT molecular complexity index is 521. The highest BCUT2D eigenvalue weighted by Gasteiger charge is 2.43. The minimum atomic E-state index is -3.16. The number of halogens is 1. The van der Waals surface area contributed by atoms with E-state index < -0.39 is 9.84 Å². The van der Waals surface area contributed by atoms with Crippen molar-refractivity contribution in [1.82, 2.24) is 0 Å². The molecule has 0 heterocycles. The maximum atomic E-state index is 11.4. The fraction of sp³-hybridized carbons (Fsp3) is 0.455. The van der Waals surface area contributed by atoms with Crippen LogP contribution in [0.5, 0.6) is 0 Å². The van der Waals surface area contributed by atoms with Crippen LogP contribution in [0.3, 0.4) is 0 Å². The standard InChI is InChI=1S/C11H14BrNO2S/c1-16(14,15)10-3-2-8(6-9(10)12)11(7-13)4-5-11/h2-3,6H,4-5,7,13H2,1H3. The van der Waals surface area contributed by atoms with E-state index in [-0.39, 0.29) is 5.41 Å². The van der Waals surface area contributed by atoms with E-state index >= 15 is 0 Å². The van der Waals surface area contributed by atoms with Gasteiger partial charge in [-0.3, -0.25) is 0 Å². The Morgan fingerprint density at radius 2 is 2.06 bits per heavy atom. The Morgan fingerprint density at radius 1 is 1.44 bits per heavy atom. The molecule has 1 fully saturated rings. The lowest BCUT2D eigenvalue weighted by molar-refractivity contribution is 0.601. The molecule has 1 aliphatic rings. The summed E-state index contributed by atoms with van der Waals surface area (Å²) in [6.45, 7) is 0.623. The van der Waals surface area contributed by atoms with Crippen LogP contribution in [-0.2, 0) is 15.3 Å². The molecule has 88 valence electrons. The van der Waals surface area contributed by atoms with E-state index in [1.807, 2.05) is 12.1 Å². The molecule has 0 saturated heterocycles. The van der Waals surface area contributed by atoms with Crippen molar-refractivity contribution in [3.8, 4) is 0 Å². The summed E-state index contributed by atoms with van der Waals surface area (Å²) < 4.78 is 23.5. The van der Waals surface area contributed by atoms with Gasteiger partial charge in [-0.1, -0.05) is 6.07 Å². The van der Waals surface area contributed by atoms with Crippen molar-refractivity contribution in [1.29, 1.82) is 0 Å². The average molecular weight is 304 g/mol. The zero-order valence-corrected chi connectivity index (χ0v) is 11.4. The number of rotatable bonds is 3. The molecule has 0 aliphatic heterocycles. The number of benzene rings is 1. The van der Waals surface area contributed by atoms with Crippen LogP contribution in [-0.4, -0.2) is 21.2 Å². The van der Waals surface area contributed by atoms with E-state index in [1.165, 1.54) is 6.26 Å². The number of hydrogen-bond donors (Lipinski definition) is 1. The van der Waals surface area contributed by atoms with E-state index in [9.17, 15) is 8.42 Å². The van der Waals surface area contributed by atoms with Crippen LogP contribution < -0.4 is 5.73 Å². The van der Waals surface area contributed by atoms with Gasteiger partial charge in [0, 0.05) is 22.7 Å². The third-order valence-corrected chi connectivity index (χ3v) is 5.26. The summed E-state index contributed by atoms with van der Waals surface area (Å²) in [7, 11) is -3.16. The molecule has 0 radical (unpaired) electrons. The summed E-state index contributed by atoms with van der Waals surface area (Å²) in [5.41, 5.74) is 6.97. The van der Waals surface area contributed by atoms with E-state index in [0.717, 1.165) is 18.4 Å². The van der Waals surface area contributed by atoms with Gasteiger partial charge in [0.25, 0.3) is 0 Å². The van der Waals surface area contributed by atoms with Crippen LogP contribution >= 0.6 is 15.9 Å². The second kappa shape index (κ2) is 3.82. The first-order valence-corrected chi connectivity index (χ1v) is 7.78. The topological polar surface area (TPSA) is 60.2 Å². The molecule has 3 nitrogen and oxygen atoms in total. The number of nitrogens with two attached hydrogens (primary N) is 1. The molecule has 1 saturated carbocycles. The molecule has 0 spiro atoms. The molecule has 2 rings (SSSR count). The molecule has 0 aromatic heterocycles. The number of sulfone groups is 1. The second-order valence-corrected chi connectivity index (χ2v) is 7.24. The highest BCUT2D eigenvalue weighted by Crippen LogP contribution is 2.48. The van der Waals surface area contributed by atoms with Gasteiger partial charge in [-0.2, -0.15) is 0 Å². The fourth-order valence-electron chi connectivity index (χ4n) is 1.89. The van der Waals surface area contributed by atoms with Crippen LogP contribution in [0.1, 0.15) is 18.4 Å². The van der Waals surface area contributed by atoms with Gasteiger partial charge in [0.1, 0.15) is 0 Å². The van der Waals surface area contributed by atoms with Crippen molar-refractivity contribution in [2.75, 3.05) is 12.8 Å². The molecule has 1 aromatic rings. The largest absolute Gasteiger partial charge is 0.330 e. The summed E-state index contributed by atoms with van der Waals surface area (Å²) in [5, 5.41) is 0. The van der Waals surface area contributed by atoms with Gasteiger partial charge in [-0.15, -0.1) is 0 Å². The van der Waals surface area contributed by atoms with Gasteiger partial charge in [0.05, 0.1) is 4.90 Å². The average Bonchev–Trinajstić information content (AvgIpc) is 2.96. The lowest BCUT2D eigenvalue weighted by Crippen LogP contribution is -2.19. The quantitative estimate of drug-likeness (QED) is 0.927. The number of hydrogen-bond acceptors (Lipinski definition) is 3. The van der Waals surface area contributed by atoms with Crippen molar-refractivity contribution >= 4 is 25.8 Å². The van der Waals surface area contributed by atoms with E-state index in [2.05, 4.69) is 15.9 Å². The first-order chi connectivity index (χ1) is 7.39. The van der Waals surface area contributed by atoms with Gasteiger partial charge in [0.2, 0.25) is 0 Å². The fourth-order valence-corrected chi connectivity index (χ4v) is 3.88. The molecule has 0 atom stereocenters. The smallest absolute Gasteiger partial charge is 0.176 e. The highest BCUT2D eigenvalue weighted by atomic mass is 79.9. The Balaban J connectivity index is 2.45. The van der Waals surface area contributed by atoms with Gasteiger partial charge in [-0.05, 0) is 46.5 Å². The summed E-state index contributed by atoms with van der Waals surface area (Å²) in [4.78, 5) is 0.337. The molecule has 16 heavy (non-hydrogen) atoms. The van der Waals surface area contributed by atoms with Crippen molar-refractivity contribution in [3.63, 3.8) is 0 Å². The monoisotopic (exact) mass is 303 g/mol. The molecule has 0 unspecified atom stereocenters. The van der Waals surface area contributed by atoms with E-state index in [4.69, 9.17) is 5.73 Å². The minimum Gasteiger partial charge on any atom is -0.330 e. The first-order valence-electron chi connectivity index (χ1n) is 5.09. The Hall–Kier alpha value is -0.390. The lowest BCUT2D eigenvalue weighted by Gasteiger charge is -2.14. The third kappa shape index (κ3) is 2.04. The van der Waals surface area contributed by atoms with Crippen LogP contribution in [0.2, 0.25) is 0 Å². The molecule has 0 bridgehead atoms. The van der Waals surface area contributed by atoms with Crippen LogP contribution in [0.15, 0.2) is 27.6 Å². The van der Waals surface area contributed by atoms with E-state index in [0.29, 0.717) is 15.9 Å². The van der Waals surface area contributed by atoms with Gasteiger partial charge in [0.15, 0.2) is 9.84 Å². The Morgan fingerprint density at radius 3 is 2.44 bits per heavy atom. The van der Waals surface area contributed by atoms with Crippen molar-refractivity contribution in [2.45, 2.75) is 23.2 Å². The van der Waals surface area contributed by atoms with Gasteiger partial charge in [-0.25, -0.2) is 8.42 Å². The normalized spacial score (nSPS) is 18.4. The van der Waals surface area contributed by atoms with E-state index in [1.54, 1.807) is 6.07 Å². The predicted octanol–water partition coefficient (Wildman–Crippen LogP) is 1.84. The summed E-state index contributed by atoms with van der Waals surface area (Å²) in [6, 6.07) is 5.42. The summed E-state index contributed by atoms with van der Waals surface area (Å²) in [5.74, 6) is 0. The molecular formula is C11H14BrNO2S. The zero-order valence-electron chi connectivity index (χ0n) is 9.03. The summed E-state index contributed by atoms with van der Waals surface area (Å²) in [6.07, 6.45) is 3.39. The van der Waals surface area contributed by atoms with Gasteiger partial charge >= 0.3 is 0 Å². The van der Waals surface area contributed by atoms with Crippen LogP contribution in [0.25, 0.3) is 0 Å². The van der Waals surface area contributed by atoms with Gasteiger partial charge < -0.3 is 5.73 Å². The maximum Gasteiger partial charge on any atom is 0.176 e. The Labute approximate surface area is 104 Å². The predicted molar refractivity (Wildman–Crippen MR) is 67.2 cm³/mol. The molecule has 2 N–H and O–H groups in total. The zero-order chi connectivity index (χ0) is 12.0. The summed E-state index contributed by atoms with van der Waals surface area (Å²) >= 11 is 3.31. The lowest BCUT2D eigenvalue weighted by atomic mass is 9.96. The molecule has 1 aromatic carbocycles. The van der Waals surface area contributed by atoms with Crippen molar-refractivity contribution in [2.24, 2.45) is 5.73 Å². The minimum absolute atomic E-state index is 0.0958. The van der Waals surface area contributed by atoms with Crippen LogP contribution in [0.4, 0.5) is 0 Å². The Kier molecular flexibility index (Phi) is 2.88. The molecule has 0 amide bonds. The van der Waals surface area contributed by atoms with Crippen molar-refractivity contribution < 1.29 is 8.42 Å². The second-order valence-electron chi connectivity index (χ2n) is 4.40. The maximum absolute atomic E-state index is 11.4. The highest BCUT2D eigenvalue weighted by molar-refractivity contribution is 9.10. The molecular weight excluding hydrogens is 290 g/mol. The molecule has 1 aliphatic carbocycles. The van der Waals surface area contributed by atoms with Crippen molar-refractivity contribution in [3.05, 3.63) is 28.2 Å². The third-order valence-electron chi connectivity index (χ3n) is 3.19.